The van der Waals surface area contributed by atoms with E-state index in [1.54, 1.807) is 30.3 Å². The maximum Gasteiger partial charge on any atom is 0.250 e. The Balaban J connectivity index is 1.79. The molecule has 1 heterocycles. The summed E-state index contributed by atoms with van der Waals surface area (Å²) < 4.78 is 37.6. The van der Waals surface area contributed by atoms with Gasteiger partial charge in [0.25, 0.3) is 0 Å². The van der Waals surface area contributed by atoms with Gasteiger partial charge in [-0.3, -0.25) is 4.79 Å². The number of hydrogen-bond donors (Lipinski definition) is 1. The van der Waals surface area contributed by atoms with E-state index in [2.05, 4.69) is 5.32 Å². The molecule has 1 aliphatic rings. The molecule has 0 bridgehead atoms. The first-order chi connectivity index (χ1) is 13.0. The van der Waals surface area contributed by atoms with E-state index in [0.717, 1.165) is 5.56 Å². The van der Waals surface area contributed by atoms with E-state index in [4.69, 9.17) is 9.47 Å². The summed E-state index contributed by atoms with van der Waals surface area (Å²) in [5.74, 6) is 0.283. The lowest BCUT2D eigenvalue weighted by molar-refractivity contribution is -0.119. The number of nitrogens with one attached hydrogen (secondary N) is 1. The minimum atomic E-state index is -3.50. The lowest BCUT2D eigenvalue weighted by Gasteiger charge is -2.19. The van der Waals surface area contributed by atoms with Crippen LogP contribution in [0.2, 0.25) is 0 Å². The monoisotopic (exact) mass is 390 g/mol. The molecule has 3 rings (SSSR count). The zero-order valence-corrected chi connectivity index (χ0v) is 15.9. The van der Waals surface area contributed by atoms with Crippen LogP contribution in [-0.2, 0) is 31.9 Å². The lowest BCUT2D eigenvalue weighted by atomic mass is 10.1. The number of amides is 1. The Morgan fingerprint density at radius 3 is 2.74 bits per heavy atom. The Morgan fingerprint density at radius 1 is 1.22 bits per heavy atom. The minimum Gasteiger partial charge on any atom is -0.492 e. The van der Waals surface area contributed by atoms with Gasteiger partial charge in [-0.15, -0.1) is 0 Å². The molecular formula is C19H22N2O5S. The molecule has 1 aliphatic heterocycles. The smallest absolute Gasteiger partial charge is 0.250 e. The summed E-state index contributed by atoms with van der Waals surface area (Å²) in [5.41, 5.74) is 2.02. The third-order valence-corrected chi connectivity index (χ3v) is 5.95. The molecule has 0 unspecified atom stereocenters. The van der Waals surface area contributed by atoms with Crippen molar-refractivity contribution in [1.29, 1.82) is 0 Å². The molecule has 2 aromatic rings. The largest absolute Gasteiger partial charge is 0.492 e. The van der Waals surface area contributed by atoms with E-state index in [1.165, 1.54) is 11.4 Å². The van der Waals surface area contributed by atoms with Gasteiger partial charge in [-0.2, -0.15) is 4.31 Å². The summed E-state index contributed by atoms with van der Waals surface area (Å²) in [6.07, 6.45) is 0. The zero-order chi connectivity index (χ0) is 19.3. The number of rotatable bonds is 6. The molecule has 8 heteroatoms. The maximum atomic E-state index is 12.8. The predicted molar refractivity (Wildman–Crippen MR) is 102 cm³/mol. The highest BCUT2D eigenvalue weighted by molar-refractivity contribution is 7.88. The second-order valence-electron chi connectivity index (χ2n) is 6.23. The zero-order valence-electron chi connectivity index (χ0n) is 15.1. The molecule has 1 amide bonds. The van der Waals surface area contributed by atoms with E-state index in [-0.39, 0.29) is 38.0 Å². The first-order valence-corrected chi connectivity index (χ1v) is 10.1. The van der Waals surface area contributed by atoms with Crippen LogP contribution in [0, 0.1) is 0 Å². The molecule has 0 radical (unpaired) electrons. The standard InChI is InChI=1S/C19H22N2O5S/c1-25-13-19(22)20-17-7-8-18-16(11-17)12-21(9-10-26-18)27(23,24)14-15-5-3-2-4-6-15/h2-8,11H,9-10,12-14H2,1H3,(H,20,22). The number of methoxy groups -OCH3 is 1. The van der Waals surface area contributed by atoms with E-state index >= 15 is 0 Å². The van der Waals surface area contributed by atoms with Gasteiger partial charge in [-0.25, -0.2) is 8.42 Å². The number of carbonyl (C=O) groups is 1. The summed E-state index contributed by atoms with van der Waals surface area (Å²) in [7, 11) is -2.06. The van der Waals surface area contributed by atoms with Gasteiger partial charge in [0.15, 0.2) is 0 Å². The number of hydrogen-bond acceptors (Lipinski definition) is 5. The number of carbonyl (C=O) groups excluding carboxylic acids is 1. The van der Waals surface area contributed by atoms with Crippen LogP contribution < -0.4 is 10.1 Å². The fourth-order valence-electron chi connectivity index (χ4n) is 2.89. The Hall–Kier alpha value is -2.42. The van der Waals surface area contributed by atoms with Gasteiger partial charge < -0.3 is 14.8 Å². The van der Waals surface area contributed by atoms with Crippen LogP contribution in [0.25, 0.3) is 0 Å². The van der Waals surface area contributed by atoms with E-state index in [9.17, 15) is 13.2 Å². The predicted octanol–water partition coefficient (Wildman–Crippen LogP) is 2.00. The summed E-state index contributed by atoms with van der Waals surface area (Å²) in [6.45, 7) is 0.690. The van der Waals surface area contributed by atoms with Crippen molar-refractivity contribution < 1.29 is 22.7 Å². The van der Waals surface area contributed by atoms with E-state index in [0.29, 0.717) is 17.0 Å². The average Bonchev–Trinajstić information content (AvgIpc) is 2.85. The van der Waals surface area contributed by atoms with Crippen LogP contribution in [0.4, 0.5) is 5.69 Å². The van der Waals surface area contributed by atoms with Crippen molar-refractivity contribution in [2.24, 2.45) is 0 Å². The van der Waals surface area contributed by atoms with E-state index < -0.39 is 10.0 Å². The quantitative estimate of drug-likeness (QED) is 0.815. The summed E-state index contributed by atoms with van der Waals surface area (Å²) in [5, 5.41) is 2.72. The summed E-state index contributed by atoms with van der Waals surface area (Å²) >= 11 is 0. The Labute approximate surface area is 158 Å². The molecule has 0 spiro atoms. The van der Waals surface area contributed by atoms with Gasteiger partial charge in [0.2, 0.25) is 15.9 Å². The van der Waals surface area contributed by atoms with Crippen molar-refractivity contribution in [2.45, 2.75) is 12.3 Å². The first-order valence-electron chi connectivity index (χ1n) is 8.54. The number of ether oxygens (including phenoxy) is 2. The van der Waals surface area contributed by atoms with Crippen molar-refractivity contribution >= 4 is 21.6 Å². The van der Waals surface area contributed by atoms with Gasteiger partial charge in [0.1, 0.15) is 19.0 Å². The Bertz CT molecular complexity index is 900. The van der Waals surface area contributed by atoms with Crippen LogP contribution in [0.3, 0.4) is 0 Å². The molecule has 0 saturated heterocycles. The average molecular weight is 390 g/mol. The van der Waals surface area contributed by atoms with Crippen LogP contribution in [-0.4, -0.2) is 45.5 Å². The second-order valence-corrected chi connectivity index (χ2v) is 8.20. The molecule has 1 N–H and O–H groups in total. The Morgan fingerprint density at radius 2 is 2.00 bits per heavy atom. The first kappa shape index (κ1) is 19.3. The minimum absolute atomic E-state index is 0.0504. The molecule has 2 aromatic carbocycles. The number of fused-ring (bicyclic) bond motifs is 1. The number of nitrogens with zero attached hydrogens (tertiary/aromatic N) is 1. The maximum absolute atomic E-state index is 12.8. The van der Waals surface area contributed by atoms with Gasteiger partial charge in [0, 0.05) is 31.5 Å². The number of sulfonamides is 1. The molecule has 0 atom stereocenters. The summed E-state index contributed by atoms with van der Waals surface area (Å²) in [4.78, 5) is 11.7. The SMILES string of the molecule is COCC(=O)Nc1ccc2c(c1)CN(S(=O)(=O)Cc1ccccc1)CCO2. The lowest BCUT2D eigenvalue weighted by Crippen LogP contribution is -2.33. The topological polar surface area (TPSA) is 84.9 Å². The molecule has 0 aliphatic carbocycles. The summed E-state index contributed by atoms with van der Waals surface area (Å²) in [6, 6.07) is 14.3. The van der Waals surface area contributed by atoms with Gasteiger partial charge >= 0.3 is 0 Å². The fraction of sp³-hybridized carbons (Fsp3) is 0.316. The van der Waals surface area contributed by atoms with Crippen LogP contribution >= 0.6 is 0 Å². The normalized spacial score (nSPS) is 14.7. The highest BCUT2D eigenvalue weighted by Crippen LogP contribution is 2.28. The number of benzene rings is 2. The highest BCUT2D eigenvalue weighted by Gasteiger charge is 2.26. The molecule has 0 aromatic heterocycles. The van der Waals surface area contributed by atoms with Crippen LogP contribution in [0.5, 0.6) is 5.75 Å². The van der Waals surface area contributed by atoms with Crippen LogP contribution in [0.1, 0.15) is 11.1 Å². The molecule has 7 nitrogen and oxygen atoms in total. The van der Waals surface area contributed by atoms with Gasteiger partial charge in [-0.1, -0.05) is 30.3 Å². The van der Waals surface area contributed by atoms with Gasteiger partial charge in [-0.05, 0) is 23.8 Å². The van der Waals surface area contributed by atoms with Crippen molar-refractivity contribution in [3.05, 3.63) is 59.7 Å². The Kier molecular flexibility index (Phi) is 6.10. The van der Waals surface area contributed by atoms with Crippen LogP contribution in [0.15, 0.2) is 48.5 Å². The van der Waals surface area contributed by atoms with E-state index in [1.807, 2.05) is 18.2 Å². The van der Waals surface area contributed by atoms with Crippen molar-refractivity contribution in [2.75, 3.05) is 32.2 Å². The number of anilines is 1. The highest BCUT2D eigenvalue weighted by atomic mass is 32.2. The molecule has 0 fully saturated rings. The van der Waals surface area contributed by atoms with Crippen molar-refractivity contribution in [3.8, 4) is 5.75 Å². The van der Waals surface area contributed by atoms with Crippen molar-refractivity contribution in [1.82, 2.24) is 4.31 Å². The second kappa shape index (κ2) is 8.51. The van der Waals surface area contributed by atoms with Gasteiger partial charge in [0.05, 0.1) is 5.75 Å². The molecular weight excluding hydrogens is 368 g/mol. The fourth-order valence-corrected chi connectivity index (χ4v) is 4.37. The molecule has 144 valence electrons. The third kappa shape index (κ3) is 5.06. The molecule has 0 saturated carbocycles. The molecule has 27 heavy (non-hydrogen) atoms. The van der Waals surface area contributed by atoms with Crippen molar-refractivity contribution in [3.63, 3.8) is 0 Å². The third-order valence-electron chi connectivity index (χ3n) is 4.15.